The second-order valence-electron chi connectivity index (χ2n) is 5.20. The largest absolute Gasteiger partial charge is 0.486 e. The Morgan fingerprint density at radius 1 is 1.20 bits per heavy atom. The van der Waals surface area contributed by atoms with Crippen molar-refractivity contribution in [1.82, 2.24) is 10.6 Å². The minimum absolute atomic E-state index is 0. The van der Waals surface area contributed by atoms with Gasteiger partial charge in [-0.3, -0.25) is 9.00 Å². The summed E-state index contributed by atoms with van der Waals surface area (Å²) < 4.78 is 28.1. The van der Waals surface area contributed by atoms with Crippen LogP contribution in [-0.2, 0) is 20.3 Å². The highest BCUT2D eigenvalue weighted by molar-refractivity contribution is 7.85. The summed E-state index contributed by atoms with van der Waals surface area (Å²) in [5.74, 6) is 1.46. The molecule has 0 aromatic heterocycles. The standard InChI is InChI=1S/C16H24N2O5S.ClH/c1-21-8-7-17-5-6-18-16(19)4-11-24(20)13-2-3-14-15(12-13)23-10-9-22-14;/h2-3,12,17H,4-11H2,1H3,(H,18,19);1H. The number of hydrogen-bond acceptors (Lipinski definition) is 6. The highest BCUT2D eigenvalue weighted by Crippen LogP contribution is 2.31. The fraction of sp³-hybridized carbons (Fsp3) is 0.562. The number of benzene rings is 1. The average molecular weight is 393 g/mol. The predicted octanol–water partition coefficient (Wildman–Crippen LogP) is 0.729. The van der Waals surface area contributed by atoms with Gasteiger partial charge in [-0.05, 0) is 12.1 Å². The highest BCUT2D eigenvalue weighted by Gasteiger charge is 2.15. The first kappa shape index (κ1) is 21.7. The Morgan fingerprint density at radius 3 is 2.72 bits per heavy atom. The highest BCUT2D eigenvalue weighted by atomic mass is 35.5. The molecule has 1 amide bonds. The van der Waals surface area contributed by atoms with Gasteiger partial charge < -0.3 is 24.8 Å². The maximum Gasteiger partial charge on any atom is 0.220 e. The molecule has 25 heavy (non-hydrogen) atoms. The van der Waals surface area contributed by atoms with Crippen LogP contribution in [0.1, 0.15) is 6.42 Å². The number of methoxy groups -OCH3 is 1. The molecule has 0 radical (unpaired) electrons. The van der Waals surface area contributed by atoms with Gasteiger partial charge in [-0.2, -0.15) is 0 Å². The molecule has 2 rings (SSSR count). The number of amides is 1. The van der Waals surface area contributed by atoms with Crippen LogP contribution in [0.25, 0.3) is 0 Å². The molecule has 0 saturated heterocycles. The summed E-state index contributed by atoms with van der Waals surface area (Å²) in [6.07, 6.45) is 0.221. The third-order valence-corrected chi connectivity index (χ3v) is 4.75. The minimum Gasteiger partial charge on any atom is -0.486 e. The van der Waals surface area contributed by atoms with E-state index >= 15 is 0 Å². The van der Waals surface area contributed by atoms with Crippen molar-refractivity contribution in [3.8, 4) is 11.5 Å². The first-order chi connectivity index (χ1) is 11.7. The Morgan fingerprint density at radius 2 is 1.96 bits per heavy atom. The fourth-order valence-corrected chi connectivity index (χ4v) is 3.21. The molecule has 1 heterocycles. The summed E-state index contributed by atoms with van der Waals surface area (Å²) in [7, 11) is 0.402. The Hall–Kier alpha value is -1.35. The molecule has 2 N–H and O–H groups in total. The molecule has 0 spiro atoms. The molecule has 1 atom stereocenters. The Balaban J connectivity index is 0.00000312. The molecule has 7 nitrogen and oxygen atoms in total. The van der Waals surface area contributed by atoms with E-state index in [-0.39, 0.29) is 30.5 Å². The lowest BCUT2D eigenvalue weighted by Crippen LogP contribution is -2.33. The number of hydrogen-bond donors (Lipinski definition) is 2. The monoisotopic (exact) mass is 392 g/mol. The average Bonchev–Trinajstić information content (AvgIpc) is 2.62. The minimum atomic E-state index is -1.24. The van der Waals surface area contributed by atoms with Crippen LogP contribution in [0.15, 0.2) is 23.1 Å². The first-order valence-corrected chi connectivity index (χ1v) is 9.27. The van der Waals surface area contributed by atoms with Crippen molar-refractivity contribution in [3.63, 3.8) is 0 Å². The lowest BCUT2D eigenvalue weighted by molar-refractivity contribution is -0.120. The van der Waals surface area contributed by atoms with Gasteiger partial charge in [0.25, 0.3) is 0 Å². The molecule has 9 heteroatoms. The molecule has 142 valence electrons. The van der Waals surface area contributed by atoms with E-state index in [1.165, 1.54) is 0 Å². The lowest BCUT2D eigenvalue weighted by Gasteiger charge is -2.18. The Kier molecular flexibility index (Phi) is 10.5. The van der Waals surface area contributed by atoms with Gasteiger partial charge in [-0.15, -0.1) is 12.4 Å². The van der Waals surface area contributed by atoms with E-state index in [1.54, 1.807) is 25.3 Å². The van der Waals surface area contributed by atoms with E-state index in [1.807, 2.05) is 0 Å². The summed E-state index contributed by atoms with van der Waals surface area (Å²) in [4.78, 5) is 12.4. The van der Waals surface area contributed by atoms with Crippen LogP contribution in [0.3, 0.4) is 0 Å². The molecule has 1 unspecified atom stereocenters. The topological polar surface area (TPSA) is 85.9 Å². The number of rotatable bonds is 10. The van der Waals surface area contributed by atoms with E-state index < -0.39 is 10.8 Å². The Bertz CT molecular complexity index is 573. The number of ether oxygens (including phenoxy) is 3. The molecule has 1 aliphatic rings. The molecule has 0 bridgehead atoms. The van der Waals surface area contributed by atoms with E-state index in [4.69, 9.17) is 14.2 Å². The summed E-state index contributed by atoms with van der Waals surface area (Å²) in [5.41, 5.74) is 0. The van der Waals surface area contributed by atoms with Crippen molar-refractivity contribution in [2.45, 2.75) is 11.3 Å². The van der Waals surface area contributed by atoms with Crippen molar-refractivity contribution in [1.29, 1.82) is 0 Å². The van der Waals surface area contributed by atoms with Gasteiger partial charge in [-0.25, -0.2) is 0 Å². The molecule has 0 fully saturated rings. The number of nitrogens with one attached hydrogen (secondary N) is 2. The van der Waals surface area contributed by atoms with Gasteiger partial charge in [-0.1, -0.05) is 0 Å². The predicted molar refractivity (Wildman–Crippen MR) is 98.3 cm³/mol. The molecule has 1 aromatic carbocycles. The summed E-state index contributed by atoms with van der Waals surface area (Å²) in [6.45, 7) is 3.63. The molecule has 0 aliphatic carbocycles. The van der Waals surface area contributed by atoms with E-state index in [0.717, 1.165) is 6.54 Å². The van der Waals surface area contributed by atoms with Crippen LogP contribution >= 0.6 is 12.4 Å². The number of halogens is 1. The van der Waals surface area contributed by atoms with Crippen LogP contribution in [0.4, 0.5) is 0 Å². The van der Waals surface area contributed by atoms with E-state index in [0.29, 0.717) is 49.3 Å². The zero-order valence-electron chi connectivity index (χ0n) is 14.2. The van der Waals surface area contributed by atoms with Gasteiger partial charge >= 0.3 is 0 Å². The van der Waals surface area contributed by atoms with Gasteiger partial charge in [0.2, 0.25) is 5.91 Å². The second kappa shape index (κ2) is 12.1. The summed E-state index contributed by atoms with van der Waals surface area (Å²) >= 11 is 0. The molecule has 0 saturated carbocycles. The quantitative estimate of drug-likeness (QED) is 0.571. The van der Waals surface area contributed by atoms with Crippen LogP contribution in [0, 0.1) is 0 Å². The van der Waals surface area contributed by atoms with E-state index in [2.05, 4.69) is 10.6 Å². The maximum atomic E-state index is 12.3. The van der Waals surface area contributed by atoms with Crippen LogP contribution < -0.4 is 20.1 Å². The first-order valence-electron chi connectivity index (χ1n) is 7.95. The number of fused-ring (bicyclic) bond motifs is 1. The van der Waals surface area contributed by atoms with Gasteiger partial charge in [0.05, 0.1) is 17.4 Å². The zero-order valence-corrected chi connectivity index (χ0v) is 15.9. The van der Waals surface area contributed by atoms with Gasteiger partial charge in [0, 0.05) is 49.9 Å². The molecule has 1 aliphatic heterocycles. The third kappa shape index (κ3) is 7.60. The molecular formula is C16H25ClN2O5S. The second-order valence-corrected chi connectivity index (χ2v) is 6.77. The fourth-order valence-electron chi connectivity index (χ4n) is 2.15. The smallest absolute Gasteiger partial charge is 0.220 e. The lowest BCUT2D eigenvalue weighted by atomic mass is 10.3. The van der Waals surface area contributed by atoms with Gasteiger partial charge in [0.15, 0.2) is 11.5 Å². The molecular weight excluding hydrogens is 368 g/mol. The number of carbonyl (C=O) groups is 1. The SMILES string of the molecule is COCCNCCNC(=O)CCS(=O)c1ccc2c(c1)OCCO2.Cl. The van der Waals surface area contributed by atoms with E-state index in [9.17, 15) is 9.00 Å². The zero-order chi connectivity index (χ0) is 17.2. The van der Waals surface area contributed by atoms with Crippen LogP contribution in [-0.4, -0.2) is 62.4 Å². The summed E-state index contributed by atoms with van der Waals surface area (Å²) in [5, 5.41) is 5.93. The van der Waals surface area contributed by atoms with Crippen LogP contribution in [0.5, 0.6) is 11.5 Å². The Labute approximate surface area is 156 Å². The summed E-state index contributed by atoms with van der Waals surface area (Å²) in [6, 6.07) is 5.23. The van der Waals surface area contributed by atoms with Crippen LogP contribution in [0.2, 0.25) is 0 Å². The normalized spacial score (nSPS) is 13.6. The maximum absolute atomic E-state index is 12.3. The van der Waals surface area contributed by atoms with Crippen molar-refractivity contribution in [2.75, 3.05) is 52.3 Å². The molecule has 1 aromatic rings. The van der Waals surface area contributed by atoms with Gasteiger partial charge in [0.1, 0.15) is 13.2 Å². The number of carbonyl (C=O) groups excluding carboxylic acids is 1. The van der Waals surface area contributed by atoms with Crippen molar-refractivity contribution in [3.05, 3.63) is 18.2 Å². The van der Waals surface area contributed by atoms with Crippen molar-refractivity contribution in [2.24, 2.45) is 0 Å². The third-order valence-electron chi connectivity index (χ3n) is 3.40. The van der Waals surface area contributed by atoms with Crippen molar-refractivity contribution < 1.29 is 23.2 Å². The van der Waals surface area contributed by atoms with Crippen molar-refractivity contribution >= 4 is 29.1 Å².